The molecular formula is C11H13ClN4O3S. The molecule has 0 unspecified atom stereocenters. The van der Waals surface area contributed by atoms with Gasteiger partial charge in [0.2, 0.25) is 0 Å². The Morgan fingerprint density at radius 3 is 2.85 bits per heavy atom. The van der Waals surface area contributed by atoms with Crippen molar-refractivity contribution in [3.8, 4) is 0 Å². The van der Waals surface area contributed by atoms with Crippen LogP contribution < -0.4 is 0 Å². The van der Waals surface area contributed by atoms with Gasteiger partial charge in [-0.3, -0.25) is 4.68 Å². The summed E-state index contributed by atoms with van der Waals surface area (Å²) in [7, 11) is 1.77. The van der Waals surface area contributed by atoms with Crippen molar-refractivity contribution >= 4 is 29.3 Å². The van der Waals surface area contributed by atoms with E-state index in [-0.39, 0.29) is 17.7 Å². The molecule has 2 rings (SSSR count). The second-order valence-corrected chi connectivity index (χ2v) is 5.15. The minimum absolute atomic E-state index is 0.150. The summed E-state index contributed by atoms with van der Waals surface area (Å²) in [6.45, 7) is 3.84. The molecule has 0 spiro atoms. The SMILES string of the molecule is CCOC(=O)c1nnc(SCc2c(C)nn(C)c2Cl)o1. The van der Waals surface area contributed by atoms with E-state index < -0.39 is 5.97 Å². The molecule has 2 aromatic heterocycles. The highest BCUT2D eigenvalue weighted by atomic mass is 35.5. The van der Waals surface area contributed by atoms with E-state index in [1.165, 1.54) is 11.8 Å². The molecule has 2 heterocycles. The second kappa shape index (κ2) is 6.27. The second-order valence-electron chi connectivity index (χ2n) is 3.86. The predicted molar refractivity (Wildman–Crippen MR) is 72.8 cm³/mol. The first-order chi connectivity index (χ1) is 9.52. The smallest absolute Gasteiger partial charge is 0.396 e. The van der Waals surface area contributed by atoms with Crippen LogP contribution in [0, 0.1) is 6.92 Å². The molecule has 0 radical (unpaired) electrons. The first-order valence-corrected chi connectivity index (χ1v) is 7.20. The van der Waals surface area contributed by atoms with Crippen molar-refractivity contribution in [2.75, 3.05) is 6.61 Å². The number of carbonyl (C=O) groups is 1. The highest BCUT2D eigenvalue weighted by Crippen LogP contribution is 2.27. The van der Waals surface area contributed by atoms with E-state index in [0.29, 0.717) is 10.9 Å². The number of halogens is 1. The van der Waals surface area contributed by atoms with Gasteiger partial charge in [-0.05, 0) is 13.8 Å². The van der Waals surface area contributed by atoms with Gasteiger partial charge >= 0.3 is 11.9 Å². The number of aryl methyl sites for hydroxylation is 2. The Bertz CT molecular complexity index is 625. The van der Waals surface area contributed by atoms with Crippen LogP contribution in [0.25, 0.3) is 0 Å². The first-order valence-electron chi connectivity index (χ1n) is 5.84. The van der Waals surface area contributed by atoms with Crippen molar-refractivity contribution in [3.05, 3.63) is 22.3 Å². The fourth-order valence-corrected chi connectivity index (χ4v) is 2.69. The molecule has 0 aliphatic rings. The third kappa shape index (κ3) is 3.13. The van der Waals surface area contributed by atoms with E-state index in [4.69, 9.17) is 20.8 Å². The lowest BCUT2D eigenvalue weighted by Gasteiger charge is -1.97. The number of carbonyl (C=O) groups excluding carboxylic acids is 1. The number of nitrogens with zero attached hydrogens (tertiary/aromatic N) is 4. The van der Waals surface area contributed by atoms with Gasteiger partial charge < -0.3 is 9.15 Å². The first kappa shape index (κ1) is 14.9. The molecule has 0 aromatic carbocycles. The molecule has 0 amide bonds. The fraction of sp³-hybridized carbons (Fsp3) is 0.455. The molecule has 2 aromatic rings. The van der Waals surface area contributed by atoms with Gasteiger partial charge in [-0.25, -0.2) is 4.79 Å². The lowest BCUT2D eigenvalue weighted by molar-refractivity contribution is 0.0475. The van der Waals surface area contributed by atoms with Gasteiger partial charge in [0.1, 0.15) is 5.15 Å². The molecule has 0 aliphatic carbocycles. The molecule has 9 heteroatoms. The number of esters is 1. The summed E-state index contributed by atoms with van der Waals surface area (Å²) in [5.74, 6) is -0.242. The topological polar surface area (TPSA) is 83.0 Å². The zero-order valence-electron chi connectivity index (χ0n) is 11.2. The molecule has 0 atom stereocenters. The highest BCUT2D eigenvalue weighted by Gasteiger charge is 2.17. The monoisotopic (exact) mass is 316 g/mol. The van der Waals surface area contributed by atoms with Crippen molar-refractivity contribution < 1.29 is 13.9 Å². The summed E-state index contributed by atoms with van der Waals surface area (Å²) < 4.78 is 11.6. The Hall–Kier alpha value is -1.54. The maximum absolute atomic E-state index is 11.4. The summed E-state index contributed by atoms with van der Waals surface area (Å²) in [5.41, 5.74) is 1.74. The van der Waals surface area contributed by atoms with Crippen LogP contribution in [-0.4, -0.2) is 32.6 Å². The molecule has 7 nitrogen and oxygen atoms in total. The van der Waals surface area contributed by atoms with E-state index in [2.05, 4.69) is 15.3 Å². The Morgan fingerprint density at radius 2 is 2.25 bits per heavy atom. The third-order valence-corrected chi connectivity index (χ3v) is 3.78. The Morgan fingerprint density at radius 1 is 1.50 bits per heavy atom. The summed E-state index contributed by atoms with van der Waals surface area (Å²) in [6.07, 6.45) is 0. The van der Waals surface area contributed by atoms with Gasteiger partial charge in [0.15, 0.2) is 0 Å². The summed E-state index contributed by atoms with van der Waals surface area (Å²) in [6, 6.07) is 0. The summed E-state index contributed by atoms with van der Waals surface area (Å²) >= 11 is 7.41. The van der Waals surface area contributed by atoms with Crippen molar-refractivity contribution in [2.45, 2.75) is 24.8 Å². The number of thioether (sulfide) groups is 1. The van der Waals surface area contributed by atoms with Crippen LogP contribution >= 0.6 is 23.4 Å². The fourth-order valence-electron chi connectivity index (χ4n) is 1.52. The third-order valence-electron chi connectivity index (χ3n) is 2.47. The number of ether oxygens (including phenoxy) is 1. The number of hydrogen-bond acceptors (Lipinski definition) is 7. The molecule has 108 valence electrons. The lowest BCUT2D eigenvalue weighted by atomic mass is 10.3. The predicted octanol–water partition coefficient (Wildman–Crippen LogP) is 2.23. The van der Waals surface area contributed by atoms with Gasteiger partial charge in [0.05, 0.1) is 12.3 Å². The van der Waals surface area contributed by atoms with Gasteiger partial charge in [-0.15, -0.1) is 5.10 Å². The zero-order chi connectivity index (χ0) is 14.7. The van der Waals surface area contributed by atoms with Crippen LogP contribution in [0.2, 0.25) is 5.15 Å². The normalized spacial score (nSPS) is 10.8. The molecule has 0 fully saturated rings. The quantitative estimate of drug-likeness (QED) is 0.617. The van der Waals surface area contributed by atoms with Crippen molar-refractivity contribution in [2.24, 2.45) is 7.05 Å². The maximum atomic E-state index is 11.4. The van der Waals surface area contributed by atoms with Crippen LogP contribution in [0.5, 0.6) is 0 Å². The van der Waals surface area contributed by atoms with Crippen molar-refractivity contribution in [3.63, 3.8) is 0 Å². The molecule has 0 saturated heterocycles. The standard InChI is InChI=1S/C11H13ClN4O3S/c1-4-18-10(17)9-13-14-11(19-9)20-5-7-6(2)15-16(3)8(7)12/h4-5H2,1-3H3. The average molecular weight is 317 g/mol. The van der Waals surface area contributed by atoms with Gasteiger partial charge in [-0.1, -0.05) is 28.5 Å². The van der Waals surface area contributed by atoms with Crippen LogP contribution in [-0.2, 0) is 17.5 Å². The van der Waals surface area contributed by atoms with Crippen LogP contribution in [0.4, 0.5) is 0 Å². The Balaban J connectivity index is 2.03. The van der Waals surface area contributed by atoms with E-state index in [1.54, 1.807) is 18.7 Å². The molecule has 20 heavy (non-hydrogen) atoms. The van der Waals surface area contributed by atoms with Crippen LogP contribution in [0.1, 0.15) is 28.9 Å². The largest absolute Gasteiger partial charge is 0.459 e. The summed E-state index contributed by atoms with van der Waals surface area (Å²) in [5, 5.41) is 12.5. The maximum Gasteiger partial charge on any atom is 0.396 e. The van der Waals surface area contributed by atoms with Crippen LogP contribution in [0.3, 0.4) is 0 Å². The minimum Gasteiger partial charge on any atom is -0.459 e. The van der Waals surface area contributed by atoms with Gasteiger partial charge in [-0.2, -0.15) is 5.10 Å². The number of aromatic nitrogens is 4. The van der Waals surface area contributed by atoms with E-state index in [1.807, 2.05) is 6.92 Å². The van der Waals surface area contributed by atoms with Crippen LogP contribution in [0.15, 0.2) is 9.64 Å². The van der Waals surface area contributed by atoms with Crippen molar-refractivity contribution in [1.82, 2.24) is 20.0 Å². The molecule has 0 N–H and O–H groups in total. The van der Waals surface area contributed by atoms with Crippen molar-refractivity contribution in [1.29, 1.82) is 0 Å². The zero-order valence-corrected chi connectivity index (χ0v) is 12.8. The molecule has 0 aliphatic heterocycles. The summed E-state index contributed by atoms with van der Waals surface area (Å²) in [4.78, 5) is 11.4. The molecule has 0 saturated carbocycles. The number of rotatable bonds is 5. The molecule has 0 bridgehead atoms. The van der Waals surface area contributed by atoms with E-state index >= 15 is 0 Å². The van der Waals surface area contributed by atoms with E-state index in [0.717, 1.165) is 11.3 Å². The molecular weight excluding hydrogens is 304 g/mol. The Labute approximate surface area is 124 Å². The lowest BCUT2D eigenvalue weighted by Crippen LogP contribution is -2.04. The number of hydrogen-bond donors (Lipinski definition) is 0. The Kier molecular flexibility index (Phi) is 4.66. The van der Waals surface area contributed by atoms with Gasteiger partial charge in [0, 0.05) is 18.4 Å². The average Bonchev–Trinajstić information content (AvgIpc) is 2.95. The minimum atomic E-state index is -0.623. The van der Waals surface area contributed by atoms with Gasteiger partial charge in [0.25, 0.3) is 5.22 Å². The van der Waals surface area contributed by atoms with E-state index in [9.17, 15) is 4.79 Å². The highest BCUT2D eigenvalue weighted by molar-refractivity contribution is 7.98.